The summed E-state index contributed by atoms with van der Waals surface area (Å²) in [5.41, 5.74) is -0.175. The quantitative estimate of drug-likeness (QED) is 0.872. The van der Waals surface area contributed by atoms with Gasteiger partial charge in [-0.15, -0.1) is 11.3 Å². The van der Waals surface area contributed by atoms with Crippen LogP contribution in [0.1, 0.15) is 50.6 Å². The van der Waals surface area contributed by atoms with Crippen LogP contribution in [0.25, 0.3) is 0 Å². The number of hydrogen-bond acceptors (Lipinski definition) is 4. The predicted octanol–water partition coefficient (Wildman–Crippen LogP) is 2.49. The maximum Gasteiger partial charge on any atom is 0.226 e. The van der Waals surface area contributed by atoms with Crippen molar-refractivity contribution < 1.29 is 4.79 Å². The van der Waals surface area contributed by atoms with Crippen molar-refractivity contribution in [3.63, 3.8) is 0 Å². The van der Waals surface area contributed by atoms with Gasteiger partial charge in [-0.3, -0.25) is 4.79 Å². The summed E-state index contributed by atoms with van der Waals surface area (Å²) >= 11 is 1.59. The number of aromatic nitrogens is 1. The van der Waals surface area contributed by atoms with Crippen molar-refractivity contribution >= 4 is 17.2 Å². The molecule has 1 aromatic rings. The number of piperidine rings is 1. The monoisotopic (exact) mass is 281 g/mol. The summed E-state index contributed by atoms with van der Waals surface area (Å²) in [6.07, 6.45) is 5.70. The highest BCUT2D eigenvalue weighted by molar-refractivity contribution is 7.09. The van der Waals surface area contributed by atoms with E-state index in [1.807, 2.05) is 12.3 Å². The molecule has 1 saturated heterocycles. The average molecular weight is 281 g/mol. The first-order valence-corrected chi connectivity index (χ1v) is 7.97. The molecule has 0 radical (unpaired) electrons. The molecular formula is C14H23N3OS. The summed E-state index contributed by atoms with van der Waals surface area (Å²) < 4.78 is 0. The highest BCUT2D eigenvalue weighted by atomic mass is 32.1. The molecule has 5 heteroatoms. The standard InChI is InChI=1S/C14H23N3OS/c1-3-4-14(5-7-15-8-6-14)13(18)17-11(2)12-16-9-10-19-12/h9-11,15H,3-8H2,1-2H3,(H,17,18). The second-order valence-electron chi connectivity index (χ2n) is 5.35. The van der Waals surface area contributed by atoms with Crippen LogP contribution in [0.3, 0.4) is 0 Å². The Kier molecular flexibility index (Phi) is 4.93. The molecule has 2 N–H and O–H groups in total. The Morgan fingerprint density at radius 2 is 2.32 bits per heavy atom. The third-order valence-electron chi connectivity index (χ3n) is 3.94. The summed E-state index contributed by atoms with van der Waals surface area (Å²) in [7, 11) is 0. The molecule has 1 atom stereocenters. The van der Waals surface area contributed by atoms with Gasteiger partial charge < -0.3 is 10.6 Å². The first-order valence-electron chi connectivity index (χ1n) is 7.09. The lowest BCUT2D eigenvalue weighted by Crippen LogP contribution is -2.48. The molecule has 0 bridgehead atoms. The molecule has 0 aliphatic carbocycles. The van der Waals surface area contributed by atoms with Crippen LogP contribution in [-0.2, 0) is 4.79 Å². The van der Waals surface area contributed by atoms with E-state index in [4.69, 9.17) is 0 Å². The Hall–Kier alpha value is -0.940. The molecule has 1 fully saturated rings. The maximum atomic E-state index is 12.7. The Bertz CT molecular complexity index is 393. The van der Waals surface area contributed by atoms with Crippen molar-refractivity contribution in [1.29, 1.82) is 0 Å². The van der Waals surface area contributed by atoms with Crippen molar-refractivity contribution in [2.24, 2.45) is 5.41 Å². The lowest BCUT2D eigenvalue weighted by atomic mass is 9.74. The van der Waals surface area contributed by atoms with Gasteiger partial charge >= 0.3 is 0 Å². The van der Waals surface area contributed by atoms with Crippen molar-refractivity contribution in [2.75, 3.05) is 13.1 Å². The van der Waals surface area contributed by atoms with Gasteiger partial charge in [0.2, 0.25) is 5.91 Å². The molecule has 0 aromatic carbocycles. The van der Waals surface area contributed by atoms with Gasteiger partial charge in [-0.1, -0.05) is 13.3 Å². The molecular weight excluding hydrogens is 258 g/mol. The Labute approximate surface area is 119 Å². The van der Waals surface area contributed by atoms with E-state index in [0.717, 1.165) is 43.8 Å². The fraction of sp³-hybridized carbons (Fsp3) is 0.714. The van der Waals surface area contributed by atoms with Crippen molar-refractivity contribution in [3.05, 3.63) is 16.6 Å². The van der Waals surface area contributed by atoms with Gasteiger partial charge in [0.25, 0.3) is 0 Å². The molecule has 2 heterocycles. The van der Waals surface area contributed by atoms with E-state index >= 15 is 0 Å². The van der Waals surface area contributed by atoms with E-state index in [2.05, 4.69) is 22.5 Å². The van der Waals surface area contributed by atoms with E-state index in [9.17, 15) is 4.79 Å². The fourth-order valence-corrected chi connectivity index (χ4v) is 3.48. The SMILES string of the molecule is CCCC1(C(=O)NC(C)c2nccs2)CCNCC1. The highest BCUT2D eigenvalue weighted by Gasteiger charge is 2.39. The smallest absolute Gasteiger partial charge is 0.226 e. The molecule has 1 aliphatic heterocycles. The molecule has 19 heavy (non-hydrogen) atoms. The Morgan fingerprint density at radius 1 is 1.58 bits per heavy atom. The van der Waals surface area contributed by atoms with Crippen LogP contribution >= 0.6 is 11.3 Å². The van der Waals surface area contributed by atoms with Gasteiger partial charge in [0.05, 0.1) is 11.5 Å². The van der Waals surface area contributed by atoms with Crippen LogP contribution in [0.5, 0.6) is 0 Å². The van der Waals surface area contributed by atoms with E-state index < -0.39 is 0 Å². The molecule has 0 spiro atoms. The molecule has 2 rings (SSSR count). The number of nitrogens with zero attached hydrogens (tertiary/aromatic N) is 1. The Balaban J connectivity index is 2.03. The number of rotatable bonds is 5. The van der Waals surface area contributed by atoms with Gasteiger partial charge in [-0.05, 0) is 39.3 Å². The minimum atomic E-state index is -0.175. The van der Waals surface area contributed by atoms with Crippen LogP contribution < -0.4 is 10.6 Å². The number of hydrogen-bond donors (Lipinski definition) is 2. The third-order valence-corrected chi connectivity index (χ3v) is 4.90. The molecule has 106 valence electrons. The van der Waals surface area contributed by atoms with Gasteiger partial charge in [-0.25, -0.2) is 4.98 Å². The summed E-state index contributed by atoms with van der Waals surface area (Å²) in [6.45, 7) is 6.05. The first kappa shape index (κ1) is 14.5. The number of amides is 1. The summed E-state index contributed by atoms with van der Waals surface area (Å²) in [6, 6.07) is 0.0103. The van der Waals surface area contributed by atoms with Gasteiger partial charge in [0, 0.05) is 11.6 Å². The molecule has 0 saturated carbocycles. The molecule has 1 aliphatic rings. The summed E-state index contributed by atoms with van der Waals surface area (Å²) in [4.78, 5) is 16.9. The second-order valence-corrected chi connectivity index (χ2v) is 6.27. The van der Waals surface area contributed by atoms with Crippen molar-refractivity contribution in [2.45, 2.75) is 45.6 Å². The summed E-state index contributed by atoms with van der Waals surface area (Å²) in [5, 5.41) is 9.43. The zero-order chi connectivity index (χ0) is 13.7. The van der Waals surface area contributed by atoms with Crippen LogP contribution in [0.15, 0.2) is 11.6 Å². The zero-order valence-electron chi connectivity index (χ0n) is 11.7. The zero-order valence-corrected chi connectivity index (χ0v) is 12.6. The molecule has 1 amide bonds. The van der Waals surface area contributed by atoms with E-state index in [0.29, 0.717) is 0 Å². The second kappa shape index (κ2) is 6.48. The minimum absolute atomic E-state index is 0.0103. The van der Waals surface area contributed by atoms with Gasteiger partial charge in [0.1, 0.15) is 5.01 Å². The topological polar surface area (TPSA) is 54.0 Å². The maximum absolute atomic E-state index is 12.7. The van der Waals surface area contributed by atoms with Crippen molar-refractivity contribution in [1.82, 2.24) is 15.6 Å². The highest BCUT2D eigenvalue weighted by Crippen LogP contribution is 2.35. The number of nitrogens with one attached hydrogen (secondary N) is 2. The lowest BCUT2D eigenvalue weighted by molar-refractivity contribution is -0.133. The summed E-state index contributed by atoms with van der Waals surface area (Å²) in [5.74, 6) is 0.207. The van der Waals surface area contributed by atoms with Gasteiger partial charge in [0.15, 0.2) is 0 Å². The van der Waals surface area contributed by atoms with Gasteiger partial charge in [-0.2, -0.15) is 0 Å². The molecule has 1 unspecified atom stereocenters. The first-order chi connectivity index (χ1) is 9.18. The number of carbonyl (C=O) groups is 1. The van der Waals surface area contributed by atoms with Crippen LogP contribution in [0, 0.1) is 5.41 Å². The number of thiazole rings is 1. The van der Waals surface area contributed by atoms with Crippen LogP contribution in [-0.4, -0.2) is 24.0 Å². The lowest BCUT2D eigenvalue weighted by Gasteiger charge is -2.36. The fourth-order valence-electron chi connectivity index (χ4n) is 2.83. The molecule has 1 aromatic heterocycles. The number of carbonyl (C=O) groups excluding carboxylic acids is 1. The van der Waals surface area contributed by atoms with E-state index in [-0.39, 0.29) is 17.4 Å². The van der Waals surface area contributed by atoms with E-state index in [1.165, 1.54) is 0 Å². The van der Waals surface area contributed by atoms with E-state index in [1.54, 1.807) is 17.5 Å². The minimum Gasteiger partial charge on any atom is -0.347 e. The Morgan fingerprint density at radius 3 is 2.89 bits per heavy atom. The van der Waals surface area contributed by atoms with Crippen LogP contribution in [0.2, 0.25) is 0 Å². The normalized spacial score (nSPS) is 19.9. The predicted molar refractivity (Wildman–Crippen MR) is 78.1 cm³/mol. The largest absolute Gasteiger partial charge is 0.347 e. The third kappa shape index (κ3) is 3.34. The van der Waals surface area contributed by atoms with Crippen molar-refractivity contribution in [3.8, 4) is 0 Å². The average Bonchev–Trinajstić information content (AvgIpc) is 2.94. The molecule has 4 nitrogen and oxygen atoms in total. The van der Waals surface area contributed by atoms with Crippen LogP contribution in [0.4, 0.5) is 0 Å².